The normalized spacial score (nSPS) is 11.3. The number of hydrogen-bond acceptors (Lipinski definition) is 6. The molecular formula is C17H17N3O3S2. The highest BCUT2D eigenvalue weighted by atomic mass is 32.2. The van der Waals surface area contributed by atoms with Gasteiger partial charge in [-0.15, -0.1) is 16.4 Å². The maximum absolute atomic E-state index is 12.6. The van der Waals surface area contributed by atoms with Gasteiger partial charge in [-0.2, -0.15) is 5.10 Å². The first kappa shape index (κ1) is 17.4. The van der Waals surface area contributed by atoms with Gasteiger partial charge in [0.15, 0.2) is 0 Å². The lowest BCUT2D eigenvalue weighted by atomic mass is 10.1. The minimum absolute atomic E-state index is 0.00414. The van der Waals surface area contributed by atoms with E-state index < -0.39 is 10.0 Å². The second kappa shape index (κ2) is 6.81. The summed E-state index contributed by atoms with van der Waals surface area (Å²) in [6.07, 6.45) is 1.19. The third-order valence-electron chi connectivity index (χ3n) is 3.67. The number of sulfonamides is 1. The molecule has 3 aromatic rings. The summed E-state index contributed by atoms with van der Waals surface area (Å²) < 4.78 is 32.8. The van der Waals surface area contributed by atoms with Crippen LogP contribution in [0.3, 0.4) is 0 Å². The summed E-state index contributed by atoms with van der Waals surface area (Å²) in [6.45, 7) is 3.89. The number of aromatic nitrogens is 2. The smallest absolute Gasteiger partial charge is 0.263 e. The predicted octanol–water partition coefficient (Wildman–Crippen LogP) is 3.63. The van der Waals surface area contributed by atoms with Crippen molar-refractivity contribution in [3.05, 3.63) is 52.3 Å². The molecule has 0 saturated carbocycles. The van der Waals surface area contributed by atoms with Gasteiger partial charge in [0, 0.05) is 10.9 Å². The summed E-state index contributed by atoms with van der Waals surface area (Å²) in [7, 11) is -2.39. The molecule has 0 aliphatic heterocycles. The van der Waals surface area contributed by atoms with Crippen molar-refractivity contribution in [1.29, 1.82) is 0 Å². The molecule has 0 aliphatic carbocycles. The Bertz CT molecular complexity index is 1010. The van der Waals surface area contributed by atoms with E-state index in [9.17, 15) is 8.42 Å². The summed E-state index contributed by atoms with van der Waals surface area (Å²) in [5.41, 5.74) is 3.37. The SMILES string of the molecule is COc1cc(S(=O)(=O)Nc2cc(-c3csc(C)c3)ccc2C)cnn1. The fourth-order valence-corrected chi connectivity index (χ4v) is 4.07. The van der Waals surface area contributed by atoms with E-state index in [2.05, 4.69) is 26.4 Å². The van der Waals surface area contributed by atoms with Crippen LogP contribution >= 0.6 is 11.3 Å². The molecule has 2 heterocycles. The summed E-state index contributed by atoms with van der Waals surface area (Å²) in [4.78, 5) is 1.20. The van der Waals surface area contributed by atoms with Crippen LogP contribution in [0.15, 0.2) is 46.8 Å². The molecule has 8 heteroatoms. The van der Waals surface area contributed by atoms with E-state index in [1.807, 2.05) is 32.0 Å². The van der Waals surface area contributed by atoms with Gasteiger partial charge in [0.25, 0.3) is 10.0 Å². The summed E-state index contributed by atoms with van der Waals surface area (Å²) in [5.74, 6) is 0.141. The van der Waals surface area contributed by atoms with Crippen molar-refractivity contribution >= 4 is 27.0 Å². The fourth-order valence-electron chi connectivity index (χ4n) is 2.29. The van der Waals surface area contributed by atoms with Gasteiger partial charge in [0.2, 0.25) is 5.88 Å². The zero-order valence-corrected chi connectivity index (χ0v) is 15.6. The Morgan fingerprint density at radius 1 is 1.12 bits per heavy atom. The Hall–Kier alpha value is -2.45. The molecule has 0 spiro atoms. The van der Waals surface area contributed by atoms with Crippen LogP contribution in [0.4, 0.5) is 5.69 Å². The first-order chi connectivity index (χ1) is 11.9. The average molecular weight is 375 g/mol. The molecule has 25 heavy (non-hydrogen) atoms. The van der Waals surface area contributed by atoms with E-state index in [1.54, 1.807) is 11.3 Å². The molecule has 6 nitrogen and oxygen atoms in total. The maximum atomic E-state index is 12.6. The zero-order chi connectivity index (χ0) is 18.0. The zero-order valence-electron chi connectivity index (χ0n) is 14.0. The second-order valence-electron chi connectivity index (χ2n) is 5.51. The van der Waals surface area contributed by atoms with Crippen LogP contribution in [0.1, 0.15) is 10.4 Å². The first-order valence-electron chi connectivity index (χ1n) is 7.45. The molecule has 0 unspecified atom stereocenters. The van der Waals surface area contributed by atoms with Crippen LogP contribution < -0.4 is 9.46 Å². The van der Waals surface area contributed by atoms with Crippen LogP contribution in [0.25, 0.3) is 11.1 Å². The minimum Gasteiger partial charge on any atom is -0.480 e. The van der Waals surface area contributed by atoms with Crippen molar-refractivity contribution in [1.82, 2.24) is 10.2 Å². The van der Waals surface area contributed by atoms with Gasteiger partial charge in [-0.25, -0.2) is 8.42 Å². The predicted molar refractivity (Wildman–Crippen MR) is 98.6 cm³/mol. The summed E-state index contributed by atoms with van der Waals surface area (Å²) in [6, 6.07) is 9.11. The number of thiophene rings is 1. The molecule has 3 rings (SSSR count). The fraction of sp³-hybridized carbons (Fsp3) is 0.176. The van der Waals surface area contributed by atoms with Gasteiger partial charge in [-0.05, 0) is 48.1 Å². The Morgan fingerprint density at radius 3 is 2.60 bits per heavy atom. The molecule has 0 fully saturated rings. The molecule has 0 saturated heterocycles. The van der Waals surface area contributed by atoms with Crippen LogP contribution in [0.2, 0.25) is 0 Å². The quantitative estimate of drug-likeness (QED) is 0.736. The highest BCUT2D eigenvalue weighted by Gasteiger charge is 2.18. The number of methoxy groups -OCH3 is 1. The van der Waals surface area contributed by atoms with E-state index in [-0.39, 0.29) is 10.8 Å². The van der Waals surface area contributed by atoms with E-state index in [0.717, 1.165) is 16.7 Å². The topological polar surface area (TPSA) is 81.2 Å². The molecule has 1 aromatic carbocycles. The molecule has 0 amide bonds. The van der Waals surface area contributed by atoms with Crippen molar-refractivity contribution in [2.24, 2.45) is 0 Å². The van der Waals surface area contributed by atoms with Crippen molar-refractivity contribution in [3.8, 4) is 17.0 Å². The standard InChI is InChI=1S/C17H17N3O3S2/c1-11-4-5-13(14-6-12(2)24-10-14)7-16(11)20-25(21,22)15-8-17(23-3)19-18-9-15/h4-10,20H,1-3H3. The van der Waals surface area contributed by atoms with Gasteiger partial charge >= 0.3 is 0 Å². The Balaban J connectivity index is 1.96. The summed E-state index contributed by atoms with van der Waals surface area (Å²) >= 11 is 1.66. The van der Waals surface area contributed by atoms with Gasteiger partial charge in [-0.1, -0.05) is 12.1 Å². The van der Waals surface area contributed by atoms with Crippen LogP contribution in [-0.4, -0.2) is 25.7 Å². The molecule has 0 atom stereocenters. The van der Waals surface area contributed by atoms with Crippen LogP contribution in [0, 0.1) is 13.8 Å². The maximum Gasteiger partial charge on any atom is 0.263 e. The van der Waals surface area contributed by atoms with Gasteiger partial charge in [0.05, 0.1) is 19.0 Å². The van der Waals surface area contributed by atoms with E-state index in [0.29, 0.717) is 5.69 Å². The molecule has 130 valence electrons. The summed E-state index contributed by atoms with van der Waals surface area (Å²) in [5, 5.41) is 9.40. The number of nitrogens with zero attached hydrogens (tertiary/aromatic N) is 2. The Morgan fingerprint density at radius 2 is 1.92 bits per heavy atom. The molecular weight excluding hydrogens is 358 g/mol. The lowest BCUT2D eigenvalue weighted by Gasteiger charge is -2.12. The number of anilines is 1. The third-order valence-corrected chi connectivity index (χ3v) is 5.87. The van der Waals surface area contributed by atoms with Crippen molar-refractivity contribution in [3.63, 3.8) is 0 Å². The molecule has 0 radical (unpaired) electrons. The number of rotatable bonds is 5. The highest BCUT2D eigenvalue weighted by Crippen LogP contribution is 2.30. The highest BCUT2D eigenvalue weighted by molar-refractivity contribution is 7.92. The van der Waals surface area contributed by atoms with Crippen molar-refractivity contribution in [2.75, 3.05) is 11.8 Å². The average Bonchev–Trinajstić information content (AvgIpc) is 3.03. The van der Waals surface area contributed by atoms with Gasteiger partial charge < -0.3 is 4.74 Å². The number of ether oxygens (including phenoxy) is 1. The van der Waals surface area contributed by atoms with Gasteiger partial charge in [-0.3, -0.25) is 4.72 Å². The lowest BCUT2D eigenvalue weighted by Crippen LogP contribution is -2.14. The van der Waals surface area contributed by atoms with Crippen LogP contribution in [-0.2, 0) is 10.0 Å². The van der Waals surface area contributed by atoms with E-state index >= 15 is 0 Å². The lowest BCUT2D eigenvalue weighted by molar-refractivity contribution is 0.390. The Labute approximate surface area is 150 Å². The van der Waals surface area contributed by atoms with Crippen LogP contribution in [0.5, 0.6) is 5.88 Å². The van der Waals surface area contributed by atoms with E-state index in [4.69, 9.17) is 4.74 Å². The minimum atomic E-state index is -3.79. The van der Waals surface area contributed by atoms with Crippen molar-refractivity contribution < 1.29 is 13.2 Å². The van der Waals surface area contributed by atoms with E-state index in [1.165, 1.54) is 24.3 Å². The molecule has 0 aliphatic rings. The number of nitrogens with one attached hydrogen (secondary N) is 1. The number of aryl methyl sites for hydroxylation is 2. The molecule has 1 N–H and O–H groups in total. The molecule has 0 bridgehead atoms. The third kappa shape index (κ3) is 3.80. The largest absolute Gasteiger partial charge is 0.480 e. The van der Waals surface area contributed by atoms with Crippen molar-refractivity contribution in [2.45, 2.75) is 18.7 Å². The number of hydrogen-bond donors (Lipinski definition) is 1. The number of benzene rings is 1. The monoisotopic (exact) mass is 375 g/mol. The van der Waals surface area contributed by atoms with Gasteiger partial charge in [0.1, 0.15) is 4.90 Å². The molecule has 2 aromatic heterocycles. The first-order valence-corrected chi connectivity index (χ1v) is 9.81. The second-order valence-corrected chi connectivity index (χ2v) is 8.31. The Kier molecular flexibility index (Phi) is 4.73.